The molecular weight excluding hydrogens is 1510 g/mol. The minimum atomic E-state index is 0.0341. The molecule has 0 unspecified atom stereocenters. The van der Waals surface area contributed by atoms with Crippen LogP contribution in [0.5, 0.6) is 0 Å². The molecule has 0 saturated heterocycles. The van der Waals surface area contributed by atoms with Crippen molar-refractivity contribution >= 4 is 181 Å². The van der Waals surface area contributed by atoms with E-state index in [1.54, 1.807) is 0 Å². The third-order valence-corrected chi connectivity index (χ3v) is 28.4. The minimum Gasteiger partial charge on any atom is -0.455 e. The Kier molecular flexibility index (Phi) is 17.7. The second kappa shape index (κ2) is 29.2. The van der Waals surface area contributed by atoms with E-state index in [2.05, 4.69) is 418 Å². The number of rotatable bonds is 7. The van der Waals surface area contributed by atoms with Crippen molar-refractivity contribution in [1.29, 1.82) is 0 Å². The number of thiophene rings is 3. The maximum atomic E-state index is 6.32. The monoisotopic (exact) mass is 1590 g/mol. The predicted molar refractivity (Wildman–Crippen MR) is 526 cm³/mol. The van der Waals surface area contributed by atoms with Crippen LogP contribution in [0.1, 0.15) is 52.7 Å². The Bertz CT molecular complexity index is 8160. The molecule has 24 rings (SSSR count). The van der Waals surface area contributed by atoms with E-state index in [0.717, 1.165) is 33.1 Å². The average molecular weight is 1590 g/mol. The molecule has 0 aliphatic rings. The first kappa shape index (κ1) is 72.8. The van der Waals surface area contributed by atoms with Crippen LogP contribution in [-0.4, -0.2) is 0 Å². The normalized spacial score (nSPS) is 12.1. The third kappa shape index (κ3) is 12.2. The largest absolute Gasteiger partial charge is 0.455 e. The molecule has 0 aliphatic heterocycles. The fourth-order valence-electron chi connectivity index (χ4n) is 19.1. The summed E-state index contributed by atoms with van der Waals surface area (Å²) in [4.78, 5) is 0. The Balaban J connectivity index is 0.000000109. The topological polar surface area (TPSA) is 13.1 Å². The van der Waals surface area contributed by atoms with Gasteiger partial charge in [-0.15, -0.1) is 34.0 Å². The molecule has 0 N–H and O–H groups in total. The molecule has 0 aliphatic carbocycles. The van der Waals surface area contributed by atoms with Crippen LogP contribution in [0.25, 0.3) is 225 Å². The molecule has 1 nitrogen and oxygen atoms in total. The van der Waals surface area contributed by atoms with E-state index < -0.39 is 0 Å². The molecule has 4 aromatic heterocycles. The Morgan fingerprint density at radius 2 is 0.450 bits per heavy atom. The molecule has 0 atom stereocenters. The van der Waals surface area contributed by atoms with Gasteiger partial charge in [0.05, 0.1) is 0 Å². The van der Waals surface area contributed by atoms with Crippen molar-refractivity contribution in [2.24, 2.45) is 0 Å². The highest BCUT2D eigenvalue weighted by atomic mass is 32.1. The molecule has 0 radical (unpaired) electrons. The van der Waals surface area contributed by atoms with Crippen molar-refractivity contribution in [1.82, 2.24) is 0 Å². The van der Waals surface area contributed by atoms with Crippen LogP contribution >= 0.6 is 34.0 Å². The summed E-state index contributed by atoms with van der Waals surface area (Å²) < 4.78 is 14.4. The lowest BCUT2D eigenvalue weighted by Crippen LogP contribution is -2.10. The van der Waals surface area contributed by atoms with Crippen molar-refractivity contribution in [3.05, 3.63) is 399 Å². The summed E-state index contributed by atoms with van der Waals surface area (Å²) in [6, 6.07) is 142. The average Bonchev–Trinajstić information content (AvgIpc) is 1.23. The lowest BCUT2D eigenvalue weighted by atomic mass is 9.81. The molecule has 0 amide bonds. The summed E-state index contributed by atoms with van der Waals surface area (Å²) in [7, 11) is 0. The number of benzene rings is 20. The lowest BCUT2D eigenvalue weighted by Gasteiger charge is -2.23. The summed E-state index contributed by atoms with van der Waals surface area (Å²) >= 11 is 5.74. The van der Waals surface area contributed by atoms with Crippen molar-refractivity contribution < 1.29 is 4.42 Å². The van der Waals surface area contributed by atoms with Crippen molar-refractivity contribution in [3.63, 3.8) is 0 Å². The van der Waals surface area contributed by atoms with Crippen LogP contribution < -0.4 is 0 Å². The predicted octanol–water partition coefficient (Wildman–Crippen LogP) is 35.2. The van der Waals surface area contributed by atoms with E-state index in [1.807, 2.05) is 46.1 Å². The molecule has 0 saturated carbocycles. The smallest absolute Gasteiger partial charge is 0.143 e. The number of hydrogen-bond donors (Lipinski definition) is 0. The number of fused-ring (bicyclic) bond motifs is 18. The van der Waals surface area contributed by atoms with E-state index in [0.29, 0.717) is 0 Å². The Morgan fingerprint density at radius 1 is 0.183 bits per heavy atom. The molecule has 0 fully saturated rings. The molecular formula is C116H82OS3. The van der Waals surface area contributed by atoms with E-state index >= 15 is 0 Å². The second-order valence-corrected chi connectivity index (χ2v) is 37.0. The maximum absolute atomic E-state index is 6.32. The van der Waals surface area contributed by atoms with Gasteiger partial charge in [-0.2, -0.15) is 0 Å². The van der Waals surface area contributed by atoms with Gasteiger partial charge in [0.2, 0.25) is 0 Å². The van der Waals surface area contributed by atoms with E-state index in [9.17, 15) is 0 Å². The van der Waals surface area contributed by atoms with Crippen LogP contribution in [0.3, 0.4) is 0 Å². The number of para-hydroxylation sites is 2. The first-order chi connectivity index (χ1) is 58.8. The van der Waals surface area contributed by atoms with Crippen molar-refractivity contribution in [2.75, 3.05) is 0 Å². The van der Waals surface area contributed by atoms with Crippen LogP contribution in [0.15, 0.2) is 393 Å². The van der Waals surface area contributed by atoms with E-state index in [1.165, 1.54) is 203 Å². The Labute approximate surface area is 709 Å². The van der Waals surface area contributed by atoms with Gasteiger partial charge in [-0.25, -0.2) is 0 Å². The van der Waals surface area contributed by atoms with Gasteiger partial charge in [0.15, 0.2) is 0 Å². The summed E-state index contributed by atoms with van der Waals surface area (Å²) in [6.07, 6.45) is 0. The van der Waals surface area contributed by atoms with Crippen molar-refractivity contribution in [2.45, 2.75) is 52.4 Å². The zero-order valence-corrected chi connectivity index (χ0v) is 70.0. The number of furan rings is 1. The highest BCUT2D eigenvalue weighted by molar-refractivity contribution is 7.27. The zero-order chi connectivity index (χ0) is 80.5. The van der Waals surface area contributed by atoms with Crippen molar-refractivity contribution in [3.8, 4) is 77.9 Å². The highest BCUT2D eigenvalue weighted by Gasteiger charge is 2.27. The standard InChI is InChI=1S/C42H30S2.C38H24O.C36H28S/c1-42(2,3)25-22-23-30-35(24-25)39(34-19-11-17-32-27-13-7-9-21-37(27)44-41(32)34)29-15-5-4-14-28(29)38(30)33-18-10-16-31-26-12-6-8-20-36(26)43-40(31)33;1-2-11-26(12-3-1)36-30-14-4-6-16-32(30)37(33-17-7-5-15-31(33)36)27-23-21-25(22-24-27)28-18-10-19-34-29-13-8-9-20-35(29)39-38(28)34;1-36(2,3)24-20-21-28-31(22-24)33(23-12-5-4-6-13-23)26-15-7-8-16-27(26)34(28)30-18-11-17-29-25-14-9-10-19-32(25)37-35(29)30/h4-24H,1-3H3;1-24H;4-22H,1-3H3. The summed E-state index contributed by atoms with van der Waals surface area (Å²) in [5.74, 6) is 0. The van der Waals surface area contributed by atoms with E-state index in [4.69, 9.17) is 4.42 Å². The van der Waals surface area contributed by atoms with Crippen LogP contribution in [0.4, 0.5) is 0 Å². The quantitative estimate of drug-likeness (QED) is 0.145. The van der Waals surface area contributed by atoms with Gasteiger partial charge in [-0.3, -0.25) is 0 Å². The van der Waals surface area contributed by atoms with Gasteiger partial charge < -0.3 is 4.42 Å². The summed E-state index contributed by atoms with van der Waals surface area (Å²) in [5, 5.41) is 25.9. The fraction of sp³-hybridized carbons (Fsp3) is 0.0690. The first-order valence-electron chi connectivity index (χ1n) is 41.6. The number of hydrogen-bond acceptors (Lipinski definition) is 4. The first-order valence-corrected chi connectivity index (χ1v) is 44.0. The van der Waals surface area contributed by atoms with Gasteiger partial charge in [-0.1, -0.05) is 393 Å². The molecule has 120 heavy (non-hydrogen) atoms. The van der Waals surface area contributed by atoms with Gasteiger partial charge in [0, 0.05) is 93.5 Å². The van der Waals surface area contributed by atoms with Crippen LogP contribution in [0.2, 0.25) is 0 Å². The molecule has 0 spiro atoms. The SMILES string of the molecule is CC(C)(C)c1ccc2c(-c3cccc4c3sc3ccccc34)c3ccccc3c(-c3cccc4c3sc3ccccc34)c2c1.CC(C)(C)c1ccc2c(-c3cccc4c3sc3ccccc34)c3ccccc3c(-c3ccccc3)c2c1.c1ccc(-c2c3ccccc3c(-c3ccc(-c4cccc5c4oc4ccccc45)cc3)c3ccccc23)cc1. The summed E-state index contributed by atoms with van der Waals surface area (Å²) in [6.45, 7) is 13.9. The van der Waals surface area contributed by atoms with Gasteiger partial charge in [0.25, 0.3) is 0 Å². The van der Waals surface area contributed by atoms with Crippen LogP contribution in [0, 0.1) is 0 Å². The van der Waals surface area contributed by atoms with Gasteiger partial charge in [0.1, 0.15) is 11.2 Å². The molecule has 20 aromatic carbocycles. The molecule has 24 aromatic rings. The van der Waals surface area contributed by atoms with E-state index in [-0.39, 0.29) is 10.8 Å². The molecule has 570 valence electrons. The Morgan fingerprint density at radius 3 is 0.833 bits per heavy atom. The summed E-state index contributed by atoms with van der Waals surface area (Å²) in [5.41, 5.74) is 22.5. The zero-order valence-electron chi connectivity index (χ0n) is 67.6. The second-order valence-electron chi connectivity index (χ2n) is 33.9. The fourth-order valence-corrected chi connectivity index (χ4v) is 22.7. The maximum Gasteiger partial charge on any atom is 0.143 e. The van der Waals surface area contributed by atoms with Crippen LogP contribution in [-0.2, 0) is 10.8 Å². The Hall–Kier alpha value is -13.6. The molecule has 0 bridgehead atoms. The lowest BCUT2D eigenvalue weighted by molar-refractivity contribution is 0.591. The molecule has 4 heterocycles. The minimum absolute atomic E-state index is 0.0341. The molecule has 4 heteroatoms. The van der Waals surface area contributed by atoms with Gasteiger partial charge >= 0.3 is 0 Å². The third-order valence-electron chi connectivity index (χ3n) is 24.7. The highest BCUT2D eigenvalue weighted by Crippen LogP contribution is 2.54. The van der Waals surface area contributed by atoms with Gasteiger partial charge in [-0.05, 0) is 179 Å².